The summed E-state index contributed by atoms with van der Waals surface area (Å²) in [5.41, 5.74) is 1.13. The fourth-order valence-electron chi connectivity index (χ4n) is 4.77. The van der Waals surface area contributed by atoms with Crippen molar-refractivity contribution < 1.29 is 4.79 Å². The number of rotatable bonds is 6. The lowest BCUT2D eigenvalue weighted by Crippen LogP contribution is -2.43. The Morgan fingerprint density at radius 2 is 2.18 bits per heavy atom. The number of carbonyl (C=O) groups is 1. The molecular weight excluding hydrogens is 372 g/mol. The summed E-state index contributed by atoms with van der Waals surface area (Å²) in [6.45, 7) is 6.49. The summed E-state index contributed by atoms with van der Waals surface area (Å²) < 4.78 is 0. The summed E-state index contributed by atoms with van der Waals surface area (Å²) in [6, 6.07) is 0. The zero-order valence-electron chi connectivity index (χ0n) is 16.8. The van der Waals surface area contributed by atoms with Crippen molar-refractivity contribution in [2.24, 2.45) is 11.3 Å². The molecule has 8 heteroatoms. The van der Waals surface area contributed by atoms with Crippen LogP contribution in [0.3, 0.4) is 0 Å². The molecule has 0 N–H and O–H groups in total. The summed E-state index contributed by atoms with van der Waals surface area (Å²) in [5.74, 6) is 1.65. The van der Waals surface area contributed by atoms with Crippen molar-refractivity contribution in [2.45, 2.75) is 19.8 Å². The first kappa shape index (κ1) is 19.3. The van der Waals surface area contributed by atoms with E-state index in [9.17, 15) is 4.79 Å². The molecule has 4 heterocycles. The Hall–Kier alpha value is -2.06. The van der Waals surface area contributed by atoms with Gasteiger partial charge in [-0.15, -0.1) is 11.3 Å². The van der Waals surface area contributed by atoms with Gasteiger partial charge in [-0.2, -0.15) is 0 Å². The third-order valence-corrected chi connectivity index (χ3v) is 6.70. The third-order valence-electron chi connectivity index (χ3n) is 5.88. The molecule has 0 bridgehead atoms. The number of fused-ring (bicyclic) bond motifs is 1. The van der Waals surface area contributed by atoms with Crippen LogP contribution in [0, 0.1) is 18.3 Å². The number of likely N-dealkylation sites (tertiary alicyclic amines) is 1. The second-order valence-corrected chi connectivity index (χ2v) is 9.44. The Kier molecular flexibility index (Phi) is 5.33. The van der Waals surface area contributed by atoms with E-state index in [1.165, 1.54) is 0 Å². The largest absolute Gasteiger partial charge is 0.354 e. The predicted molar refractivity (Wildman–Crippen MR) is 110 cm³/mol. The Bertz CT molecular complexity index is 825. The maximum Gasteiger partial charge on any atom is 0.222 e. The highest BCUT2D eigenvalue weighted by Gasteiger charge is 2.53. The molecule has 2 aromatic heterocycles. The fourth-order valence-corrected chi connectivity index (χ4v) is 5.42. The van der Waals surface area contributed by atoms with Gasteiger partial charge in [-0.1, -0.05) is 0 Å². The molecule has 4 rings (SSSR count). The third kappa shape index (κ3) is 3.89. The molecule has 0 spiro atoms. The van der Waals surface area contributed by atoms with E-state index in [0.29, 0.717) is 12.3 Å². The number of anilines is 1. The lowest BCUT2D eigenvalue weighted by molar-refractivity contribution is -0.130. The van der Waals surface area contributed by atoms with Crippen LogP contribution in [0.1, 0.15) is 17.1 Å². The highest BCUT2D eigenvalue weighted by molar-refractivity contribution is 7.09. The van der Waals surface area contributed by atoms with Crippen molar-refractivity contribution in [2.75, 3.05) is 51.7 Å². The van der Waals surface area contributed by atoms with Crippen molar-refractivity contribution in [3.8, 4) is 0 Å². The Morgan fingerprint density at radius 3 is 2.86 bits per heavy atom. The van der Waals surface area contributed by atoms with Crippen molar-refractivity contribution in [3.63, 3.8) is 0 Å². The Labute approximate surface area is 170 Å². The maximum absolute atomic E-state index is 12.9. The van der Waals surface area contributed by atoms with Crippen LogP contribution in [0.2, 0.25) is 0 Å². The number of amides is 1. The van der Waals surface area contributed by atoms with Crippen LogP contribution in [0.5, 0.6) is 0 Å². The molecule has 2 saturated heterocycles. The van der Waals surface area contributed by atoms with E-state index in [4.69, 9.17) is 0 Å². The Morgan fingerprint density at radius 1 is 1.32 bits per heavy atom. The first-order chi connectivity index (χ1) is 13.4. The molecule has 1 amide bonds. The molecule has 2 atom stereocenters. The first-order valence-corrected chi connectivity index (χ1v) is 10.7. The smallest absolute Gasteiger partial charge is 0.222 e. The predicted octanol–water partition coefficient (Wildman–Crippen LogP) is 1.70. The van der Waals surface area contributed by atoms with Gasteiger partial charge in [0.25, 0.3) is 0 Å². The average Bonchev–Trinajstić information content (AvgIpc) is 3.32. The topological polar surface area (TPSA) is 65.5 Å². The molecule has 2 aliphatic heterocycles. The first-order valence-electron chi connectivity index (χ1n) is 9.80. The van der Waals surface area contributed by atoms with Crippen LogP contribution >= 0.6 is 11.3 Å². The van der Waals surface area contributed by atoms with E-state index in [1.54, 1.807) is 23.7 Å². The number of aromatic nitrogens is 3. The fraction of sp³-hybridized carbons (Fsp3) is 0.600. The molecule has 7 nitrogen and oxygen atoms in total. The molecule has 0 aliphatic carbocycles. The zero-order valence-corrected chi connectivity index (χ0v) is 17.7. The summed E-state index contributed by atoms with van der Waals surface area (Å²) >= 11 is 1.65. The number of carbonyl (C=O) groups excluding carboxylic acids is 1. The standard InChI is InChI=1S/C20H28N6OS/c1-15-23-17(11-28-15)4-5-19(27)26-10-16-9-25(18-8-21-6-7-22-18)13-20(16,14-26)12-24(2)3/h6-8,11,16H,4-5,9-10,12-14H2,1-3H3/t16-,20+/m0/s1. The van der Waals surface area contributed by atoms with Gasteiger partial charge in [0.05, 0.1) is 16.9 Å². The average molecular weight is 401 g/mol. The van der Waals surface area contributed by atoms with Crippen LogP contribution in [0.25, 0.3) is 0 Å². The van der Waals surface area contributed by atoms with Crippen LogP contribution in [0.15, 0.2) is 24.0 Å². The van der Waals surface area contributed by atoms with Gasteiger partial charge in [0, 0.05) is 68.3 Å². The van der Waals surface area contributed by atoms with Crippen molar-refractivity contribution in [3.05, 3.63) is 34.7 Å². The minimum absolute atomic E-state index is 0.0912. The van der Waals surface area contributed by atoms with Gasteiger partial charge in [-0.3, -0.25) is 9.78 Å². The van der Waals surface area contributed by atoms with E-state index >= 15 is 0 Å². The molecule has 2 fully saturated rings. The van der Waals surface area contributed by atoms with E-state index in [2.05, 4.69) is 49.1 Å². The van der Waals surface area contributed by atoms with Gasteiger partial charge in [-0.05, 0) is 27.4 Å². The van der Waals surface area contributed by atoms with Crippen molar-refractivity contribution in [1.82, 2.24) is 24.8 Å². The molecule has 2 aromatic rings. The molecular formula is C20H28N6OS. The van der Waals surface area contributed by atoms with Gasteiger partial charge in [0.15, 0.2) is 0 Å². The maximum atomic E-state index is 12.9. The second-order valence-electron chi connectivity index (χ2n) is 8.37. The van der Waals surface area contributed by atoms with Gasteiger partial charge in [0.1, 0.15) is 5.82 Å². The molecule has 2 aliphatic rings. The number of hydrogen-bond acceptors (Lipinski definition) is 7. The number of aryl methyl sites for hydroxylation is 2. The quantitative estimate of drug-likeness (QED) is 0.735. The highest BCUT2D eigenvalue weighted by Crippen LogP contribution is 2.44. The van der Waals surface area contributed by atoms with Gasteiger partial charge < -0.3 is 14.7 Å². The Balaban J connectivity index is 1.43. The summed E-state index contributed by atoms with van der Waals surface area (Å²) in [5, 5.41) is 3.13. The summed E-state index contributed by atoms with van der Waals surface area (Å²) in [7, 11) is 4.23. The molecule has 0 saturated carbocycles. The molecule has 0 aromatic carbocycles. The van der Waals surface area contributed by atoms with Crippen molar-refractivity contribution >= 4 is 23.1 Å². The van der Waals surface area contributed by atoms with Gasteiger partial charge >= 0.3 is 0 Å². The monoisotopic (exact) mass is 400 g/mol. The molecule has 28 heavy (non-hydrogen) atoms. The number of nitrogens with zero attached hydrogens (tertiary/aromatic N) is 6. The van der Waals surface area contributed by atoms with Crippen molar-refractivity contribution in [1.29, 1.82) is 0 Å². The number of hydrogen-bond donors (Lipinski definition) is 0. The van der Waals surface area contributed by atoms with Crippen LogP contribution in [-0.2, 0) is 11.2 Å². The van der Waals surface area contributed by atoms with E-state index in [-0.39, 0.29) is 11.3 Å². The SMILES string of the molecule is Cc1nc(CCC(=O)N2C[C@@H]3CN(c4cnccn4)C[C@]3(CN(C)C)C2)cs1. The van der Waals surface area contributed by atoms with E-state index in [1.807, 2.05) is 13.1 Å². The van der Waals surface area contributed by atoms with Crippen LogP contribution < -0.4 is 4.90 Å². The molecule has 150 valence electrons. The van der Waals surface area contributed by atoms with E-state index in [0.717, 1.165) is 55.7 Å². The lowest BCUT2D eigenvalue weighted by atomic mass is 9.80. The summed E-state index contributed by atoms with van der Waals surface area (Å²) in [4.78, 5) is 32.7. The minimum Gasteiger partial charge on any atom is -0.354 e. The summed E-state index contributed by atoms with van der Waals surface area (Å²) in [6.07, 6.45) is 6.57. The number of thiazole rings is 1. The highest BCUT2D eigenvalue weighted by atomic mass is 32.1. The second kappa shape index (κ2) is 7.75. The molecule has 0 unspecified atom stereocenters. The molecule has 0 radical (unpaired) electrons. The lowest BCUT2D eigenvalue weighted by Gasteiger charge is -2.32. The van der Waals surface area contributed by atoms with Gasteiger partial charge in [-0.25, -0.2) is 9.97 Å². The van der Waals surface area contributed by atoms with E-state index < -0.39 is 0 Å². The van der Waals surface area contributed by atoms with Gasteiger partial charge in [0.2, 0.25) is 5.91 Å². The van der Waals surface area contributed by atoms with Crippen LogP contribution in [0.4, 0.5) is 5.82 Å². The zero-order chi connectivity index (χ0) is 19.7. The normalized spacial score (nSPS) is 24.2. The minimum atomic E-state index is 0.0912. The van der Waals surface area contributed by atoms with Crippen LogP contribution in [-0.4, -0.2) is 77.5 Å².